The molecule has 0 radical (unpaired) electrons. The molecule has 58 heavy (non-hydrogen) atoms. The van der Waals surface area contributed by atoms with E-state index in [0.717, 1.165) is 42.1 Å². The largest absolute Gasteiger partial charge is 1.00 e. The normalized spacial score (nSPS) is 13.5. The van der Waals surface area contributed by atoms with E-state index in [-0.39, 0.29) is 24.8 Å². The van der Waals surface area contributed by atoms with E-state index in [1.807, 2.05) is 0 Å². The summed E-state index contributed by atoms with van der Waals surface area (Å²) in [5.74, 6) is 0. The molecule has 0 fully saturated rings. The molecule has 0 heterocycles. The number of unbranched alkanes of at least 4 members (excludes halogenated alkanes) is 1. The molecule has 6 aromatic carbocycles. The van der Waals surface area contributed by atoms with Gasteiger partial charge in [-0.25, -0.2) is 0 Å². The molecule has 2 aliphatic rings. The minimum absolute atomic E-state index is 0. The number of rotatable bonds is 11. The van der Waals surface area contributed by atoms with Gasteiger partial charge in [-0.3, -0.25) is 0 Å². The maximum atomic E-state index is 6.49. The molecule has 1 unspecified atom stereocenters. The summed E-state index contributed by atoms with van der Waals surface area (Å²) >= 11 is 10.1. The molecule has 0 nitrogen and oxygen atoms in total. The summed E-state index contributed by atoms with van der Waals surface area (Å²) < 4.78 is 3.74. The SMILES string of the molecule is CCCCc1c(-c2ccccc2C)c(C)cc2c1[CH]([Zr+2]([C]1=CC=CC1)=[C](Cc1ccc(Cl)cc1)Cc1ccc(Cl)cc1)c1cc(-c3ccccc3C)c(C)cc1-2.[Cl-].[Cl-]. The zero-order valence-corrected chi connectivity index (χ0v) is 39.5. The van der Waals surface area contributed by atoms with Crippen LogP contribution in [0.15, 0.2) is 137 Å². The van der Waals surface area contributed by atoms with E-state index in [0.29, 0.717) is 3.63 Å². The van der Waals surface area contributed by atoms with Gasteiger partial charge >= 0.3 is 355 Å². The summed E-state index contributed by atoms with van der Waals surface area (Å²) in [6, 6.07) is 43.0. The van der Waals surface area contributed by atoms with E-state index in [1.165, 1.54) is 78.7 Å². The van der Waals surface area contributed by atoms with Crippen LogP contribution in [0.3, 0.4) is 0 Å². The fourth-order valence-electron chi connectivity index (χ4n) is 9.33. The quantitative estimate of drug-likeness (QED) is 0.122. The molecule has 0 N–H and O–H groups in total. The maximum absolute atomic E-state index is 6.49. The van der Waals surface area contributed by atoms with Crippen molar-refractivity contribution in [1.29, 1.82) is 0 Å². The number of benzene rings is 6. The van der Waals surface area contributed by atoms with Crippen LogP contribution in [0.5, 0.6) is 0 Å². The van der Waals surface area contributed by atoms with Crippen LogP contribution < -0.4 is 24.8 Å². The third kappa shape index (κ3) is 8.92. The Bertz CT molecular complexity index is 2490. The van der Waals surface area contributed by atoms with Crippen LogP contribution in [0.25, 0.3) is 33.4 Å². The average molecular weight is 920 g/mol. The molecule has 1 atom stereocenters. The van der Waals surface area contributed by atoms with E-state index in [2.05, 4.69) is 168 Å². The van der Waals surface area contributed by atoms with Crippen LogP contribution in [-0.4, -0.2) is 3.21 Å². The van der Waals surface area contributed by atoms with Gasteiger partial charge in [-0.15, -0.1) is 0 Å². The number of hydrogen-bond acceptors (Lipinski definition) is 0. The van der Waals surface area contributed by atoms with Gasteiger partial charge in [0.2, 0.25) is 0 Å². The fraction of sp³-hybridized carbons (Fsp3) is 0.226. The van der Waals surface area contributed by atoms with Crippen molar-refractivity contribution < 1.29 is 46.1 Å². The van der Waals surface area contributed by atoms with Crippen LogP contribution in [0.1, 0.15) is 79.9 Å². The van der Waals surface area contributed by atoms with E-state index >= 15 is 0 Å². The van der Waals surface area contributed by atoms with Gasteiger partial charge in [0.05, 0.1) is 0 Å². The van der Waals surface area contributed by atoms with Crippen LogP contribution in [0.2, 0.25) is 10.0 Å². The monoisotopic (exact) mass is 916 g/mol. The molecule has 6 aromatic rings. The molecule has 0 amide bonds. The van der Waals surface area contributed by atoms with Crippen molar-refractivity contribution in [3.05, 3.63) is 197 Å². The first-order chi connectivity index (χ1) is 27.2. The number of halogens is 4. The van der Waals surface area contributed by atoms with Crippen LogP contribution in [0, 0.1) is 27.7 Å². The number of fused-ring (bicyclic) bond motifs is 3. The number of allylic oxidation sites excluding steroid dienone is 4. The van der Waals surface area contributed by atoms with Crippen molar-refractivity contribution in [3.63, 3.8) is 0 Å². The molecule has 0 aliphatic heterocycles. The summed E-state index contributed by atoms with van der Waals surface area (Å²) in [7, 11) is 0. The molecule has 0 spiro atoms. The molecular formula is C53H50Cl4Zr. The molecule has 0 bridgehead atoms. The molecule has 2 aliphatic carbocycles. The zero-order chi connectivity index (χ0) is 38.9. The zero-order valence-electron chi connectivity index (χ0n) is 34.0. The van der Waals surface area contributed by atoms with E-state index in [4.69, 9.17) is 23.2 Å². The van der Waals surface area contributed by atoms with Gasteiger partial charge in [0.1, 0.15) is 0 Å². The first-order valence-corrected chi connectivity index (χ1v) is 24.8. The predicted octanol–water partition coefficient (Wildman–Crippen LogP) is 9.10. The third-order valence-corrected chi connectivity index (χ3v) is 20.8. The van der Waals surface area contributed by atoms with Crippen molar-refractivity contribution in [2.24, 2.45) is 0 Å². The van der Waals surface area contributed by atoms with E-state index in [1.54, 1.807) is 17.6 Å². The van der Waals surface area contributed by atoms with Gasteiger partial charge in [-0.2, -0.15) is 0 Å². The van der Waals surface area contributed by atoms with Crippen LogP contribution in [0.4, 0.5) is 0 Å². The topological polar surface area (TPSA) is 0 Å². The fourth-order valence-corrected chi connectivity index (χ4v) is 18.9. The van der Waals surface area contributed by atoms with Gasteiger partial charge < -0.3 is 24.8 Å². The Morgan fingerprint density at radius 1 is 0.621 bits per heavy atom. The molecule has 0 aromatic heterocycles. The van der Waals surface area contributed by atoms with Gasteiger partial charge in [0.25, 0.3) is 0 Å². The Morgan fingerprint density at radius 3 is 1.74 bits per heavy atom. The molecule has 294 valence electrons. The molecule has 0 saturated heterocycles. The van der Waals surface area contributed by atoms with Crippen molar-refractivity contribution in [2.45, 2.75) is 76.8 Å². The first-order valence-electron chi connectivity index (χ1n) is 20.2. The summed E-state index contributed by atoms with van der Waals surface area (Å²) in [6.07, 6.45) is 13.6. The Balaban J connectivity index is 0.00000283. The van der Waals surface area contributed by atoms with Crippen LogP contribution in [-0.2, 0) is 40.5 Å². The third-order valence-electron chi connectivity index (χ3n) is 12.0. The second-order valence-corrected chi connectivity index (χ2v) is 23.5. The average Bonchev–Trinajstić information content (AvgIpc) is 3.83. The summed E-state index contributed by atoms with van der Waals surface area (Å²) in [6.45, 7) is 11.6. The molecular weight excluding hydrogens is 870 g/mol. The van der Waals surface area contributed by atoms with E-state index < -0.39 is 21.3 Å². The van der Waals surface area contributed by atoms with Crippen LogP contribution >= 0.6 is 23.2 Å². The molecule has 0 saturated carbocycles. The summed E-state index contributed by atoms with van der Waals surface area (Å²) in [4.78, 5) is 0. The summed E-state index contributed by atoms with van der Waals surface area (Å²) in [5, 5.41) is 1.57. The van der Waals surface area contributed by atoms with Crippen molar-refractivity contribution >= 4 is 26.4 Å². The molecule has 5 heteroatoms. The van der Waals surface area contributed by atoms with Gasteiger partial charge in [-0.05, 0) is 0 Å². The van der Waals surface area contributed by atoms with Crippen molar-refractivity contribution in [2.75, 3.05) is 0 Å². The smallest absolute Gasteiger partial charge is 1.00 e. The van der Waals surface area contributed by atoms with Gasteiger partial charge in [0.15, 0.2) is 0 Å². The van der Waals surface area contributed by atoms with Crippen molar-refractivity contribution in [3.8, 4) is 33.4 Å². The van der Waals surface area contributed by atoms with E-state index in [9.17, 15) is 0 Å². The number of aryl methyl sites for hydroxylation is 4. The Hall–Kier alpha value is -3.29. The predicted molar refractivity (Wildman–Crippen MR) is 239 cm³/mol. The van der Waals surface area contributed by atoms with Gasteiger partial charge in [0, 0.05) is 0 Å². The first kappa shape index (κ1) is 44.3. The van der Waals surface area contributed by atoms with Gasteiger partial charge in [-0.1, -0.05) is 0 Å². The standard InChI is InChI=1S/C33H33.C15H12Cl2.C5H5.2ClH.Zr/c1-6-7-14-28-32-20-25-19-29(26-15-10-8-12-21(26)2)23(4)17-30(25)31(32)18-24(5)33(28)27-16-11-9-13-22(27)3;16-14-8-4-12(5-9-14)2-1-3-13-6-10-15(17)11-7-13;1-2-4-5-3-1;;;/h8-13,15-20H,6-7,14H2,1-5H3;4-11H,2-3H2;1-3H,4H2;2*1H;/q;;;;;+2/p-2. The second-order valence-electron chi connectivity index (χ2n) is 15.9. The Morgan fingerprint density at radius 2 is 1.19 bits per heavy atom. The molecule has 8 rings (SSSR count). The summed E-state index contributed by atoms with van der Waals surface area (Å²) in [5.41, 5.74) is 21.2. The Labute approximate surface area is 376 Å². The minimum atomic E-state index is -2.89. The Kier molecular flexibility index (Phi) is 14.8. The second kappa shape index (κ2) is 19.4. The minimum Gasteiger partial charge on any atom is -1.00 e. The maximum Gasteiger partial charge on any atom is -1.00 e. The van der Waals surface area contributed by atoms with Crippen molar-refractivity contribution in [1.82, 2.24) is 0 Å². The number of hydrogen-bond donors (Lipinski definition) is 0.